The molecule has 0 saturated carbocycles. The summed E-state index contributed by atoms with van der Waals surface area (Å²) in [5, 5.41) is 14.6. The van der Waals surface area contributed by atoms with Gasteiger partial charge in [0, 0.05) is 13.0 Å². The highest BCUT2D eigenvalue weighted by Crippen LogP contribution is 2.22. The van der Waals surface area contributed by atoms with Crippen molar-refractivity contribution in [2.45, 2.75) is 46.3 Å². The lowest BCUT2D eigenvalue weighted by atomic mass is 9.99. The van der Waals surface area contributed by atoms with Gasteiger partial charge in [-0.3, -0.25) is 4.68 Å². The van der Waals surface area contributed by atoms with Gasteiger partial charge in [-0.15, -0.1) is 0 Å². The number of hydrogen-bond donors (Lipinski definition) is 1. The van der Waals surface area contributed by atoms with Gasteiger partial charge in [-0.1, -0.05) is 30.7 Å². The first-order chi connectivity index (χ1) is 9.11. The molecule has 4 heteroatoms. The van der Waals surface area contributed by atoms with E-state index >= 15 is 0 Å². The molecule has 1 N–H and O–H groups in total. The van der Waals surface area contributed by atoms with Crippen LogP contribution in [0.4, 0.5) is 0 Å². The Morgan fingerprint density at radius 1 is 1.32 bits per heavy atom. The molecule has 0 aliphatic rings. The summed E-state index contributed by atoms with van der Waals surface area (Å²) in [6.45, 7) is 7.01. The minimum absolute atomic E-state index is 0.504. The van der Waals surface area contributed by atoms with E-state index in [1.807, 2.05) is 30.7 Å². The number of aromatic nitrogens is 3. The Bertz CT molecular complexity index is 548. The minimum Gasteiger partial charge on any atom is -0.388 e. The Morgan fingerprint density at radius 2 is 2.11 bits per heavy atom. The molecule has 0 bridgehead atoms. The van der Waals surface area contributed by atoms with Crippen molar-refractivity contribution in [1.82, 2.24) is 14.8 Å². The third-order valence-corrected chi connectivity index (χ3v) is 3.30. The predicted molar refractivity (Wildman–Crippen MR) is 74.9 cm³/mol. The van der Waals surface area contributed by atoms with Crippen LogP contribution in [0.25, 0.3) is 0 Å². The van der Waals surface area contributed by atoms with Crippen LogP contribution in [0.3, 0.4) is 0 Å². The number of aliphatic hydroxyl groups excluding tert-OH is 1. The van der Waals surface area contributed by atoms with Gasteiger partial charge in [-0.05, 0) is 31.4 Å². The van der Waals surface area contributed by atoms with E-state index in [1.165, 1.54) is 0 Å². The van der Waals surface area contributed by atoms with Crippen LogP contribution in [-0.4, -0.2) is 19.9 Å². The predicted octanol–water partition coefficient (Wildman–Crippen LogP) is 2.58. The second-order valence-electron chi connectivity index (χ2n) is 4.98. The number of aliphatic hydroxyl groups is 1. The van der Waals surface area contributed by atoms with Crippen molar-refractivity contribution in [3.05, 3.63) is 47.0 Å². The zero-order valence-electron chi connectivity index (χ0n) is 11.8. The standard InChI is InChI=1S/C15H21N3O/c1-4-7-18-15(16-10-17-18)9-14(19)13-8-11(2)5-6-12(13)3/h5-6,8,10,14,19H,4,7,9H2,1-3H3. The third kappa shape index (κ3) is 3.20. The van der Waals surface area contributed by atoms with Gasteiger partial charge in [0.2, 0.25) is 0 Å². The van der Waals surface area contributed by atoms with E-state index in [-0.39, 0.29) is 0 Å². The summed E-state index contributed by atoms with van der Waals surface area (Å²) >= 11 is 0. The lowest BCUT2D eigenvalue weighted by Crippen LogP contribution is -2.11. The fourth-order valence-corrected chi connectivity index (χ4v) is 2.25. The molecule has 102 valence electrons. The highest BCUT2D eigenvalue weighted by molar-refractivity contribution is 5.32. The fourth-order valence-electron chi connectivity index (χ4n) is 2.25. The van der Waals surface area contributed by atoms with Crippen LogP contribution in [-0.2, 0) is 13.0 Å². The third-order valence-electron chi connectivity index (χ3n) is 3.30. The molecule has 19 heavy (non-hydrogen) atoms. The molecule has 1 aromatic heterocycles. The SMILES string of the molecule is CCCn1ncnc1CC(O)c1cc(C)ccc1C. The summed E-state index contributed by atoms with van der Waals surface area (Å²) in [7, 11) is 0. The fraction of sp³-hybridized carbons (Fsp3) is 0.467. The van der Waals surface area contributed by atoms with Crippen molar-refractivity contribution in [2.75, 3.05) is 0 Å². The van der Waals surface area contributed by atoms with Gasteiger partial charge in [-0.2, -0.15) is 5.10 Å². The van der Waals surface area contributed by atoms with Gasteiger partial charge in [-0.25, -0.2) is 4.98 Å². The molecular formula is C15H21N3O. The molecule has 1 aromatic carbocycles. The molecule has 4 nitrogen and oxygen atoms in total. The molecule has 2 aromatic rings. The van der Waals surface area contributed by atoms with Crippen molar-refractivity contribution >= 4 is 0 Å². The number of aryl methyl sites for hydroxylation is 3. The van der Waals surface area contributed by atoms with Gasteiger partial charge >= 0.3 is 0 Å². The Balaban J connectivity index is 2.18. The molecular weight excluding hydrogens is 238 g/mol. The van der Waals surface area contributed by atoms with Crippen molar-refractivity contribution in [2.24, 2.45) is 0 Å². The number of nitrogens with zero attached hydrogens (tertiary/aromatic N) is 3. The topological polar surface area (TPSA) is 50.9 Å². The molecule has 0 aliphatic carbocycles. The van der Waals surface area contributed by atoms with Crippen molar-refractivity contribution in [3.8, 4) is 0 Å². The van der Waals surface area contributed by atoms with E-state index < -0.39 is 6.10 Å². The van der Waals surface area contributed by atoms with Crippen molar-refractivity contribution in [1.29, 1.82) is 0 Å². The molecule has 2 rings (SSSR count). The Kier molecular flexibility index (Phi) is 4.32. The molecule has 0 saturated heterocycles. The van der Waals surface area contributed by atoms with Crippen LogP contribution in [0.2, 0.25) is 0 Å². The van der Waals surface area contributed by atoms with Gasteiger partial charge in [0.15, 0.2) is 0 Å². The van der Waals surface area contributed by atoms with E-state index in [1.54, 1.807) is 6.33 Å². The molecule has 0 amide bonds. The highest BCUT2D eigenvalue weighted by Gasteiger charge is 2.15. The molecule has 0 radical (unpaired) electrons. The average Bonchev–Trinajstić information content (AvgIpc) is 2.80. The maximum absolute atomic E-state index is 10.4. The minimum atomic E-state index is -0.528. The summed E-state index contributed by atoms with van der Waals surface area (Å²) in [5.74, 6) is 0.843. The summed E-state index contributed by atoms with van der Waals surface area (Å²) < 4.78 is 1.87. The number of benzene rings is 1. The first kappa shape index (κ1) is 13.7. The maximum atomic E-state index is 10.4. The zero-order chi connectivity index (χ0) is 13.8. The molecule has 0 aliphatic heterocycles. The van der Waals surface area contributed by atoms with Gasteiger partial charge < -0.3 is 5.11 Å². The summed E-state index contributed by atoms with van der Waals surface area (Å²) in [4.78, 5) is 4.24. The van der Waals surface area contributed by atoms with Crippen LogP contribution >= 0.6 is 0 Å². The van der Waals surface area contributed by atoms with Crippen molar-refractivity contribution in [3.63, 3.8) is 0 Å². The zero-order valence-corrected chi connectivity index (χ0v) is 11.8. The normalized spacial score (nSPS) is 12.6. The summed E-state index contributed by atoms with van der Waals surface area (Å²) in [5.41, 5.74) is 3.25. The highest BCUT2D eigenvalue weighted by atomic mass is 16.3. The monoisotopic (exact) mass is 259 g/mol. The second-order valence-corrected chi connectivity index (χ2v) is 4.98. The number of rotatable bonds is 5. The van der Waals surface area contributed by atoms with Crippen LogP contribution < -0.4 is 0 Å². The van der Waals surface area contributed by atoms with E-state index in [4.69, 9.17) is 0 Å². The number of hydrogen-bond acceptors (Lipinski definition) is 3. The van der Waals surface area contributed by atoms with E-state index in [9.17, 15) is 5.11 Å². The van der Waals surface area contributed by atoms with E-state index in [0.29, 0.717) is 6.42 Å². The molecule has 1 heterocycles. The lowest BCUT2D eigenvalue weighted by Gasteiger charge is -2.14. The second kappa shape index (κ2) is 5.97. The maximum Gasteiger partial charge on any atom is 0.138 e. The largest absolute Gasteiger partial charge is 0.388 e. The van der Waals surface area contributed by atoms with E-state index in [2.05, 4.69) is 23.1 Å². The van der Waals surface area contributed by atoms with Crippen LogP contribution in [0, 0.1) is 13.8 Å². The Hall–Kier alpha value is -1.68. The first-order valence-electron chi connectivity index (χ1n) is 6.73. The van der Waals surface area contributed by atoms with Gasteiger partial charge in [0.1, 0.15) is 12.2 Å². The van der Waals surface area contributed by atoms with Crippen LogP contribution in [0.5, 0.6) is 0 Å². The van der Waals surface area contributed by atoms with Gasteiger partial charge in [0.25, 0.3) is 0 Å². The van der Waals surface area contributed by atoms with Crippen LogP contribution in [0.15, 0.2) is 24.5 Å². The molecule has 0 spiro atoms. The van der Waals surface area contributed by atoms with Gasteiger partial charge in [0.05, 0.1) is 6.10 Å². The molecule has 0 fully saturated rings. The smallest absolute Gasteiger partial charge is 0.138 e. The Labute approximate surface area is 114 Å². The molecule has 1 atom stereocenters. The van der Waals surface area contributed by atoms with E-state index in [0.717, 1.165) is 35.5 Å². The first-order valence-corrected chi connectivity index (χ1v) is 6.73. The van der Waals surface area contributed by atoms with Crippen LogP contribution in [0.1, 0.15) is 42.0 Å². The average molecular weight is 259 g/mol. The summed E-state index contributed by atoms with van der Waals surface area (Å²) in [6, 6.07) is 6.15. The Morgan fingerprint density at radius 3 is 2.84 bits per heavy atom. The lowest BCUT2D eigenvalue weighted by molar-refractivity contribution is 0.173. The molecule has 1 unspecified atom stereocenters. The quantitative estimate of drug-likeness (QED) is 0.898. The summed E-state index contributed by atoms with van der Waals surface area (Å²) in [6.07, 6.45) is 2.54. The van der Waals surface area contributed by atoms with Crippen molar-refractivity contribution < 1.29 is 5.11 Å².